The van der Waals surface area contributed by atoms with Crippen LogP contribution in [0.3, 0.4) is 0 Å². The summed E-state index contributed by atoms with van der Waals surface area (Å²) in [5.41, 5.74) is 0.812. The van der Waals surface area contributed by atoms with Crippen molar-refractivity contribution in [2.24, 2.45) is 17.8 Å². The Hall–Kier alpha value is -1.69. The van der Waals surface area contributed by atoms with Crippen LogP contribution in [-0.4, -0.2) is 35.8 Å². The van der Waals surface area contributed by atoms with Crippen LogP contribution in [0, 0.1) is 17.8 Å². The normalized spacial score (nSPS) is 25.2. The Bertz CT molecular complexity index is 1010. The monoisotopic (exact) mass is 644 g/mol. The van der Waals surface area contributed by atoms with Gasteiger partial charge in [-0.15, -0.1) is 0 Å². The van der Waals surface area contributed by atoms with E-state index < -0.39 is 48.6 Å². The van der Waals surface area contributed by atoms with Gasteiger partial charge in [0.25, 0.3) is 0 Å². The van der Waals surface area contributed by atoms with Gasteiger partial charge in [-0.1, -0.05) is 63.3 Å². The van der Waals surface area contributed by atoms with Gasteiger partial charge in [-0.2, -0.15) is 57.1 Å². The number of alkyl halides is 13. The SMILES string of the molecule is CCCC[C@H]1CC[C@H](C2CCC(c3ccc(CCC(F)(F)C(F)(F)C(F)(F)C(F)(F)C(F)(F)C(F)(F)F)cc3)CC2)CC1. The zero-order chi connectivity index (χ0) is 32.5. The van der Waals surface area contributed by atoms with Crippen molar-refractivity contribution in [1.82, 2.24) is 0 Å². The van der Waals surface area contributed by atoms with Gasteiger partial charge < -0.3 is 0 Å². The summed E-state index contributed by atoms with van der Waals surface area (Å²) < 4.78 is 173. The first-order valence-corrected chi connectivity index (χ1v) is 14.7. The van der Waals surface area contributed by atoms with Gasteiger partial charge in [-0.05, 0) is 79.7 Å². The Kier molecular flexibility index (Phi) is 10.8. The van der Waals surface area contributed by atoms with Crippen molar-refractivity contribution >= 4 is 0 Å². The van der Waals surface area contributed by atoms with Gasteiger partial charge in [0, 0.05) is 6.42 Å². The second kappa shape index (κ2) is 13.0. The minimum Gasteiger partial charge on any atom is -0.200 e. The fraction of sp³-hybridized carbons (Fsp3) is 0.800. The Morgan fingerprint density at radius 2 is 1.05 bits per heavy atom. The quantitative estimate of drug-likeness (QED) is 0.199. The van der Waals surface area contributed by atoms with E-state index in [1.807, 2.05) is 0 Å². The maximum atomic E-state index is 14.1. The molecule has 0 bridgehead atoms. The number of rotatable bonds is 12. The molecule has 0 unspecified atom stereocenters. The fourth-order valence-electron chi connectivity index (χ4n) is 6.58. The van der Waals surface area contributed by atoms with E-state index in [-0.39, 0.29) is 11.5 Å². The highest BCUT2D eigenvalue weighted by Gasteiger charge is 2.90. The molecule has 2 aliphatic rings. The minimum absolute atomic E-state index is 0.0524. The van der Waals surface area contributed by atoms with Gasteiger partial charge in [0.2, 0.25) is 0 Å². The van der Waals surface area contributed by atoms with E-state index in [4.69, 9.17) is 0 Å². The molecule has 0 nitrogen and oxygen atoms in total. The van der Waals surface area contributed by atoms with Gasteiger partial charge in [-0.25, -0.2) is 0 Å². The lowest BCUT2D eigenvalue weighted by Gasteiger charge is -2.39. The number of benzene rings is 1. The van der Waals surface area contributed by atoms with E-state index in [9.17, 15) is 57.1 Å². The third-order valence-electron chi connectivity index (χ3n) is 9.47. The zero-order valence-electron chi connectivity index (χ0n) is 23.7. The molecule has 0 radical (unpaired) electrons. The van der Waals surface area contributed by atoms with Crippen LogP contribution in [0.1, 0.15) is 101 Å². The lowest BCUT2D eigenvalue weighted by molar-refractivity contribution is -0.440. The third-order valence-corrected chi connectivity index (χ3v) is 9.47. The van der Waals surface area contributed by atoms with Gasteiger partial charge in [-0.3, -0.25) is 0 Å². The molecule has 13 heteroatoms. The fourth-order valence-corrected chi connectivity index (χ4v) is 6.58. The van der Waals surface area contributed by atoms with Crippen molar-refractivity contribution in [1.29, 1.82) is 0 Å². The predicted molar refractivity (Wildman–Crippen MR) is 135 cm³/mol. The molecular weight excluding hydrogens is 607 g/mol. The molecule has 0 saturated heterocycles. The van der Waals surface area contributed by atoms with E-state index >= 15 is 0 Å². The van der Waals surface area contributed by atoms with Crippen LogP contribution in [0.2, 0.25) is 0 Å². The Morgan fingerprint density at radius 3 is 1.51 bits per heavy atom. The molecule has 2 aliphatic carbocycles. The molecule has 0 atom stereocenters. The molecule has 0 heterocycles. The Labute approximate surface area is 242 Å². The molecular formula is C30H37F13. The molecule has 0 aromatic heterocycles. The zero-order valence-corrected chi connectivity index (χ0v) is 23.7. The van der Waals surface area contributed by atoms with Gasteiger partial charge in [0.05, 0.1) is 0 Å². The largest absolute Gasteiger partial charge is 0.460 e. The maximum Gasteiger partial charge on any atom is 0.460 e. The number of aryl methyl sites for hydroxylation is 1. The number of hydrogen-bond acceptors (Lipinski definition) is 0. The van der Waals surface area contributed by atoms with Crippen LogP contribution in [-0.2, 0) is 6.42 Å². The van der Waals surface area contributed by atoms with Crippen LogP contribution in [0.25, 0.3) is 0 Å². The van der Waals surface area contributed by atoms with Gasteiger partial charge in [0.15, 0.2) is 0 Å². The van der Waals surface area contributed by atoms with Crippen LogP contribution in [0.4, 0.5) is 57.1 Å². The van der Waals surface area contributed by atoms with Crippen molar-refractivity contribution in [3.63, 3.8) is 0 Å². The van der Waals surface area contributed by atoms with Crippen LogP contribution in [0.15, 0.2) is 24.3 Å². The second-order valence-electron chi connectivity index (χ2n) is 12.3. The standard InChI is InChI=1S/C30H37F13/c1-2-3-4-19-5-9-21(10-6-19)23-13-15-24(16-14-23)22-11-7-20(8-12-22)17-18-25(31,32)26(33,34)27(35,36)28(37,38)29(39,40)30(41,42)43/h7-8,11-12,19,21,23-24H,2-6,9-10,13-18H2,1H3/t19-,21-,23?,24?. The first-order chi connectivity index (χ1) is 19.7. The number of unbranched alkanes of at least 4 members (excludes halogenated alkanes) is 1. The Balaban J connectivity index is 1.57. The highest BCUT2D eigenvalue weighted by atomic mass is 19.4. The summed E-state index contributed by atoms with van der Waals surface area (Å²) in [4.78, 5) is 0. The van der Waals surface area contributed by atoms with Crippen molar-refractivity contribution in [3.8, 4) is 0 Å². The van der Waals surface area contributed by atoms with E-state index in [2.05, 4.69) is 6.92 Å². The molecule has 2 fully saturated rings. The van der Waals surface area contributed by atoms with Gasteiger partial charge >= 0.3 is 35.8 Å². The number of halogens is 13. The first kappa shape index (κ1) is 35.8. The molecule has 248 valence electrons. The third kappa shape index (κ3) is 7.10. The molecule has 3 rings (SSSR count). The number of hydrogen-bond donors (Lipinski definition) is 0. The molecule has 2 saturated carbocycles. The minimum atomic E-state index is -7.86. The van der Waals surface area contributed by atoms with E-state index in [1.165, 1.54) is 57.1 Å². The lowest BCUT2D eigenvalue weighted by atomic mass is 9.68. The summed E-state index contributed by atoms with van der Waals surface area (Å²) in [7, 11) is 0. The summed E-state index contributed by atoms with van der Waals surface area (Å²) in [6, 6.07) is 5.72. The van der Waals surface area contributed by atoms with E-state index in [1.54, 1.807) is 12.1 Å². The average Bonchev–Trinajstić information content (AvgIpc) is 2.94. The highest BCUT2D eigenvalue weighted by molar-refractivity contribution is 5.26. The molecule has 0 amide bonds. The van der Waals surface area contributed by atoms with Gasteiger partial charge in [0.1, 0.15) is 0 Å². The smallest absolute Gasteiger partial charge is 0.200 e. The molecule has 1 aromatic carbocycles. The molecule has 43 heavy (non-hydrogen) atoms. The van der Waals surface area contributed by atoms with E-state index in [0.29, 0.717) is 11.8 Å². The molecule has 0 aliphatic heterocycles. The topological polar surface area (TPSA) is 0 Å². The average molecular weight is 645 g/mol. The molecule has 1 aromatic rings. The lowest BCUT2D eigenvalue weighted by Crippen LogP contribution is -2.70. The van der Waals surface area contributed by atoms with E-state index in [0.717, 1.165) is 37.2 Å². The molecule has 0 N–H and O–H groups in total. The molecule has 0 spiro atoms. The first-order valence-electron chi connectivity index (χ1n) is 14.7. The summed E-state index contributed by atoms with van der Waals surface area (Å²) >= 11 is 0. The van der Waals surface area contributed by atoms with Crippen molar-refractivity contribution in [2.75, 3.05) is 0 Å². The summed E-state index contributed by atoms with van der Waals surface area (Å²) in [5, 5.41) is 0. The Morgan fingerprint density at radius 1 is 0.581 bits per heavy atom. The van der Waals surface area contributed by atoms with Crippen molar-refractivity contribution in [2.45, 2.75) is 132 Å². The summed E-state index contributed by atoms with van der Waals surface area (Å²) in [5.74, 6) is -34.3. The van der Waals surface area contributed by atoms with Crippen molar-refractivity contribution < 1.29 is 57.1 Å². The summed E-state index contributed by atoms with van der Waals surface area (Å²) in [6.45, 7) is 2.19. The highest BCUT2D eigenvalue weighted by Crippen LogP contribution is 2.60. The maximum absolute atomic E-state index is 14.1. The van der Waals surface area contributed by atoms with Crippen LogP contribution in [0.5, 0.6) is 0 Å². The summed E-state index contributed by atoms with van der Waals surface area (Å²) in [6.07, 6.45) is 1.94. The van der Waals surface area contributed by atoms with Crippen LogP contribution < -0.4 is 0 Å². The second-order valence-corrected chi connectivity index (χ2v) is 12.3. The predicted octanol–water partition coefficient (Wildman–Crippen LogP) is 11.6. The van der Waals surface area contributed by atoms with Crippen molar-refractivity contribution in [3.05, 3.63) is 35.4 Å². The van der Waals surface area contributed by atoms with Crippen LogP contribution >= 0.6 is 0 Å².